The van der Waals surface area contributed by atoms with Crippen LogP contribution in [0.25, 0.3) is 5.82 Å². The minimum Gasteiger partial charge on any atom is -1.00 e. The number of anilines is 1. The SMILES string of the molecule is O=c1cc(-[n+]2ccc(N3CCOCC3)cc2)[nH]c(=O)[nH]1.[Cl-]. The molecule has 0 unspecified atom stereocenters. The smallest absolute Gasteiger partial charge is 0.413 e. The number of rotatable bonds is 2. The third-order valence-electron chi connectivity index (χ3n) is 3.21. The maximum Gasteiger partial charge on any atom is 0.413 e. The van der Waals surface area contributed by atoms with Crippen LogP contribution < -0.4 is 33.1 Å². The zero-order valence-electron chi connectivity index (χ0n) is 11.2. The van der Waals surface area contributed by atoms with Crippen molar-refractivity contribution in [2.45, 2.75) is 0 Å². The molecule has 1 saturated heterocycles. The number of nitrogens with zero attached hydrogens (tertiary/aromatic N) is 2. The first-order valence-corrected chi connectivity index (χ1v) is 6.40. The molecule has 3 heterocycles. The third-order valence-corrected chi connectivity index (χ3v) is 3.21. The Morgan fingerprint density at radius 1 is 1.10 bits per heavy atom. The van der Waals surface area contributed by atoms with Crippen molar-refractivity contribution in [2.75, 3.05) is 31.2 Å². The molecule has 2 aromatic rings. The molecule has 0 saturated carbocycles. The van der Waals surface area contributed by atoms with Crippen LogP contribution >= 0.6 is 0 Å². The molecule has 21 heavy (non-hydrogen) atoms. The molecule has 2 aromatic heterocycles. The summed E-state index contributed by atoms with van der Waals surface area (Å²) in [6.45, 7) is 3.20. The van der Waals surface area contributed by atoms with Crippen molar-refractivity contribution >= 4 is 5.69 Å². The van der Waals surface area contributed by atoms with Crippen LogP contribution in [0.15, 0.2) is 40.2 Å². The first-order chi connectivity index (χ1) is 9.72. The van der Waals surface area contributed by atoms with Crippen molar-refractivity contribution in [3.05, 3.63) is 51.4 Å². The molecule has 1 aliphatic heterocycles. The van der Waals surface area contributed by atoms with Gasteiger partial charge in [-0.2, -0.15) is 4.98 Å². The van der Waals surface area contributed by atoms with Crippen LogP contribution in [0.1, 0.15) is 0 Å². The number of aromatic nitrogens is 3. The Bertz CT molecular complexity index is 676. The van der Waals surface area contributed by atoms with Gasteiger partial charge in [0.05, 0.1) is 31.7 Å². The van der Waals surface area contributed by atoms with Gasteiger partial charge in [-0.15, -0.1) is 0 Å². The van der Waals surface area contributed by atoms with Crippen LogP contribution in [-0.2, 0) is 4.74 Å². The lowest BCUT2D eigenvalue weighted by Gasteiger charge is -2.28. The predicted molar refractivity (Wildman–Crippen MR) is 72.2 cm³/mol. The van der Waals surface area contributed by atoms with Gasteiger partial charge in [0, 0.05) is 30.9 Å². The van der Waals surface area contributed by atoms with Crippen LogP contribution in [0.3, 0.4) is 0 Å². The van der Waals surface area contributed by atoms with Crippen molar-refractivity contribution in [2.24, 2.45) is 0 Å². The highest BCUT2D eigenvalue weighted by atomic mass is 35.5. The van der Waals surface area contributed by atoms with E-state index in [0.717, 1.165) is 32.0 Å². The fraction of sp³-hybridized carbons (Fsp3) is 0.308. The van der Waals surface area contributed by atoms with E-state index in [9.17, 15) is 9.59 Å². The highest BCUT2D eigenvalue weighted by Gasteiger charge is 2.13. The van der Waals surface area contributed by atoms with Gasteiger partial charge in [-0.05, 0) is 0 Å². The van der Waals surface area contributed by atoms with Crippen LogP contribution in [0, 0.1) is 0 Å². The summed E-state index contributed by atoms with van der Waals surface area (Å²) >= 11 is 0. The molecule has 0 amide bonds. The zero-order valence-corrected chi connectivity index (χ0v) is 12.0. The van der Waals surface area contributed by atoms with Gasteiger partial charge in [0.25, 0.3) is 11.4 Å². The van der Waals surface area contributed by atoms with E-state index in [-0.39, 0.29) is 12.4 Å². The van der Waals surface area contributed by atoms with E-state index in [2.05, 4.69) is 14.9 Å². The van der Waals surface area contributed by atoms with Gasteiger partial charge >= 0.3 is 5.69 Å². The average Bonchev–Trinajstić information content (AvgIpc) is 2.47. The second-order valence-electron chi connectivity index (χ2n) is 4.54. The largest absolute Gasteiger partial charge is 1.00 e. The van der Waals surface area contributed by atoms with Gasteiger partial charge in [0.1, 0.15) is 0 Å². The van der Waals surface area contributed by atoms with Gasteiger partial charge in [0.2, 0.25) is 0 Å². The van der Waals surface area contributed by atoms with E-state index >= 15 is 0 Å². The van der Waals surface area contributed by atoms with Gasteiger partial charge in [-0.1, -0.05) is 0 Å². The number of H-pyrrole nitrogens is 2. The van der Waals surface area contributed by atoms with Crippen molar-refractivity contribution in [3.63, 3.8) is 0 Å². The normalized spacial score (nSPS) is 14.6. The summed E-state index contributed by atoms with van der Waals surface area (Å²) < 4.78 is 7.01. The highest BCUT2D eigenvalue weighted by molar-refractivity contribution is 5.44. The molecule has 1 fully saturated rings. The molecule has 8 heteroatoms. The second-order valence-corrected chi connectivity index (χ2v) is 4.54. The molecule has 0 spiro atoms. The summed E-state index contributed by atoms with van der Waals surface area (Å²) in [5.74, 6) is 0.437. The van der Waals surface area contributed by atoms with Crippen molar-refractivity contribution < 1.29 is 21.7 Å². The van der Waals surface area contributed by atoms with Crippen molar-refractivity contribution in [1.29, 1.82) is 0 Å². The Kier molecular flexibility index (Phi) is 4.77. The van der Waals surface area contributed by atoms with E-state index in [1.54, 1.807) is 4.57 Å². The molecule has 112 valence electrons. The molecule has 0 radical (unpaired) electrons. The summed E-state index contributed by atoms with van der Waals surface area (Å²) in [6, 6.07) is 5.24. The number of ether oxygens (including phenoxy) is 1. The Labute approximate surface area is 126 Å². The third kappa shape index (κ3) is 3.50. The lowest BCUT2D eigenvalue weighted by Crippen LogP contribution is -3.00. The predicted octanol–water partition coefficient (Wildman–Crippen LogP) is -3.82. The first kappa shape index (κ1) is 15.3. The molecule has 3 rings (SSSR count). The molecule has 7 nitrogen and oxygen atoms in total. The number of aromatic amines is 2. The highest BCUT2D eigenvalue weighted by Crippen LogP contribution is 2.13. The Morgan fingerprint density at radius 2 is 1.76 bits per heavy atom. The van der Waals surface area contributed by atoms with E-state index < -0.39 is 11.2 Å². The quantitative estimate of drug-likeness (QED) is 0.557. The van der Waals surface area contributed by atoms with E-state index in [1.807, 2.05) is 24.5 Å². The number of morpholine rings is 1. The Balaban J connectivity index is 0.00000161. The summed E-state index contributed by atoms with van der Waals surface area (Å²) in [5, 5.41) is 0. The summed E-state index contributed by atoms with van der Waals surface area (Å²) in [7, 11) is 0. The lowest BCUT2D eigenvalue weighted by atomic mass is 10.3. The Morgan fingerprint density at radius 3 is 2.38 bits per heavy atom. The minimum absolute atomic E-state index is 0. The molecule has 0 aromatic carbocycles. The van der Waals surface area contributed by atoms with E-state index in [0.29, 0.717) is 5.82 Å². The van der Waals surface area contributed by atoms with E-state index in [4.69, 9.17) is 4.74 Å². The first-order valence-electron chi connectivity index (χ1n) is 6.40. The maximum atomic E-state index is 11.3. The zero-order chi connectivity index (χ0) is 13.9. The van der Waals surface area contributed by atoms with E-state index in [1.165, 1.54) is 6.07 Å². The van der Waals surface area contributed by atoms with Gasteiger partial charge < -0.3 is 22.0 Å². The molecule has 1 aliphatic rings. The summed E-state index contributed by atoms with van der Waals surface area (Å²) in [5.41, 5.74) is 0.155. The van der Waals surface area contributed by atoms with Gasteiger partial charge in [-0.25, -0.2) is 9.36 Å². The lowest BCUT2D eigenvalue weighted by molar-refractivity contribution is -0.599. The van der Waals surface area contributed by atoms with Gasteiger partial charge in [-0.3, -0.25) is 9.78 Å². The van der Waals surface area contributed by atoms with Crippen LogP contribution in [0.2, 0.25) is 0 Å². The van der Waals surface area contributed by atoms with Crippen molar-refractivity contribution in [1.82, 2.24) is 9.97 Å². The molecular weight excluding hydrogens is 296 g/mol. The number of nitrogens with one attached hydrogen (secondary N) is 2. The topological polar surface area (TPSA) is 82.1 Å². The Hall–Kier alpha value is -2.12. The molecule has 0 bridgehead atoms. The number of hydrogen-bond donors (Lipinski definition) is 2. The number of pyridine rings is 1. The molecule has 0 atom stereocenters. The van der Waals surface area contributed by atoms with Gasteiger partial charge in [0.15, 0.2) is 0 Å². The average molecular weight is 311 g/mol. The second kappa shape index (κ2) is 6.55. The molecular formula is C13H15ClN4O3. The minimum atomic E-state index is -0.516. The van der Waals surface area contributed by atoms with Crippen LogP contribution in [0.4, 0.5) is 5.69 Å². The fourth-order valence-corrected chi connectivity index (χ4v) is 2.21. The number of halogens is 1. The fourth-order valence-electron chi connectivity index (χ4n) is 2.21. The molecule has 0 aliphatic carbocycles. The monoisotopic (exact) mass is 310 g/mol. The summed E-state index contributed by atoms with van der Waals surface area (Å²) in [4.78, 5) is 29.5. The standard InChI is InChI=1S/C13H14N4O3.ClH/c18-12-9-11(14-13(19)15-12)17-3-1-10(2-4-17)16-5-7-20-8-6-16;/h1-4,9H,5-8H2,(H-,14,15,18,19);1H. The van der Waals surface area contributed by atoms with Crippen LogP contribution in [-0.4, -0.2) is 36.3 Å². The number of hydrogen-bond acceptors (Lipinski definition) is 4. The summed E-state index contributed by atoms with van der Waals surface area (Å²) in [6.07, 6.45) is 3.63. The van der Waals surface area contributed by atoms with Crippen LogP contribution in [0.5, 0.6) is 0 Å². The maximum absolute atomic E-state index is 11.3. The molecule has 2 N–H and O–H groups in total. The van der Waals surface area contributed by atoms with Crippen molar-refractivity contribution in [3.8, 4) is 5.82 Å².